The first kappa shape index (κ1) is 70.9. The average molecular weight is 1230 g/mol. The SMILES string of the molecule is CN(C)C(=O)C(CCN1CCC(C#N)(c2ccccc2)CC1)(c1ccccc1)c1ccccc1.C[N+](C)=C1OCCC1(c1ccccc1)c1ccccc1.I.N#CC1(c2ccccc2)CCNCC1.O=CO[O-].[B].[Br-].[H-].[HH].[Na+].[Na+]. The van der Waals surface area contributed by atoms with Crippen molar-refractivity contribution in [3.8, 4) is 12.1 Å². The number of ether oxygens (including phenoxy) is 1. The van der Waals surface area contributed by atoms with Gasteiger partial charge in [-0.25, -0.2) is 4.58 Å². The smallest absolute Gasteiger partial charge is 1.00 e. The number of nitriles is 2. The van der Waals surface area contributed by atoms with E-state index < -0.39 is 10.8 Å². The van der Waals surface area contributed by atoms with Crippen molar-refractivity contribution in [1.29, 1.82) is 10.5 Å². The van der Waals surface area contributed by atoms with E-state index in [4.69, 9.17) is 14.8 Å². The maximum absolute atomic E-state index is 13.8. The summed E-state index contributed by atoms with van der Waals surface area (Å²) in [7, 11) is 7.79. The van der Waals surface area contributed by atoms with Crippen LogP contribution in [0.2, 0.25) is 0 Å². The van der Waals surface area contributed by atoms with Crippen LogP contribution in [0.5, 0.6) is 0 Å². The Bertz CT molecular complexity index is 2660. The van der Waals surface area contributed by atoms with Crippen molar-refractivity contribution in [2.45, 2.75) is 60.2 Å². The molecule has 0 spiro atoms. The van der Waals surface area contributed by atoms with Crippen LogP contribution in [-0.2, 0) is 40.9 Å². The number of nitrogens with zero attached hydrogens (tertiary/aromatic N) is 5. The first-order chi connectivity index (χ1) is 35.1. The van der Waals surface area contributed by atoms with Gasteiger partial charge in [0.25, 0.3) is 6.47 Å². The van der Waals surface area contributed by atoms with Crippen LogP contribution in [0.4, 0.5) is 0 Å². The first-order valence-electron chi connectivity index (χ1n) is 24.8. The summed E-state index contributed by atoms with van der Waals surface area (Å²) in [5.74, 6) is 1.13. The molecule has 3 radical (unpaired) electrons. The Morgan fingerprint density at radius 1 is 0.701 bits per heavy atom. The minimum Gasteiger partial charge on any atom is -1.00 e. The fourth-order valence-corrected chi connectivity index (χ4v) is 10.6. The molecule has 0 unspecified atom stereocenters. The number of nitrogens with one attached hydrogen (secondary N) is 1. The third-order valence-electron chi connectivity index (χ3n) is 14.4. The maximum atomic E-state index is 13.8. The molecule has 77 heavy (non-hydrogen) atoms. The monoisotopic (exact) mass is 1230 g/mol. The second kappa shape index (κ2) is 35.5. The van der Waals surface area contributed by atoms with Crippen LogP contribution < -0.4 is 86.7 Å². The average Bonchev–Trinajstić information content (AvgIpc) is 3.93. The number of benzene rings is 6. The quantitative estimate of drug-likeness (QED) is 0.0472. The summed E-state index contributed by atoms with van der Waals surface area (Å²) in [5.41, 5.74) is 5.34. The Morgan fingerprint density at radius 2 is 1.05 bits per heavy atom. The van der Waals surface area contributed by atoms with Crippen molar-refractivity contribution in [3.05, 3.63) is 215 Å². The third kappa shape index (κ3) is 17.4. The van der Waals surface area contributed by atoms with Crippen LogP contribution in [0.15, 0.2) is 182 Å². The van der Waals surface area contributed by atoms with Crippen molar-refractivity contribution >= 4 is 50.7 Å². The molecule has 3 fully saturated rings. The summed E-state index contributed by atoms with van der Waals surface area (Å²) in [6.07, 6.45) is 5.12. The molecule has 0 bridgehead atoms. The zero-order chi connectivity index (χ0) is 51.3. The molecule has 0 aliphatic carbocycles. The minimum atomic E-state index is -0.755. The van der Waals surface area contributed by atoms with E-state index in [1.165, 1.54) is 16.7 Å². The predicted octanol–water partition coefficient (Wildman–Crippen LogP) is -0.0542. The van der Waals surface area contributed by atoms with Crippen LogP contribution in [-0.4, -0.2) is 109 Å². The number of hydrogen-bond donors (Lipinski definition) is 1. The summed E-state index contributed by atoms with van der Waals surface area (Å²) in [6, 6.07) is 67.1. The summed E-state index contributed by atoms with van der Waals surface area (Å²) in [4.78, 5) is 29.2. The van der Waals surface area contributed by atoms with Crippen LogP contribution in [0, 0.1) is 22.7 Å². The zero-order valence-electron chi connectivity index (χ0n) is 46.5. The van der Waals surface area contributed by atoms with Crippen molar-refractivity contribution in [2.75, 3.05) is 67.5 Å². The molecular formula is C61H72BBrIN6Na2O5. The zero-order valence-corrected chi connectivity index (χ0v) is 53.4. The van der Waals surface area contributed by atoms with E-state index in [1.54, 1.807) is 4.90 Å². The summed E-state index contributed by atoms with van der Waals surface area (Å²) in [5, 5.41) is 31.1. The van der Waals surface area contributed by atoms with Gasteiger partial charge in [0, 0.05) is 30.4 Å². The molecule has 1 amide bonds. The van der Waals surface area contributed by atoms with E-state index in [2.05, 4.69) is 155 Å². The van der Waals surface area contributed by atoms with Gasteiger partial charge < -0.3 is 48.4 Å². The van der Waals surface area contributed by atoms with Gasteiger partial charge in [-0.15, -0.1) is 24.0 Å². The number of amides is 1. The standard InChI is InChI=1S/C30H33N3O.C18H20NO.C12H14N2.CH2O3.B.BrH.HI.2Na.H2.H/c1-32(2)28(34)30(26-14-8-4-9-15-26,27-16-10-5-11-17-27)20-23-33-21-18-29(24-31,19-22-33)25-12-6-3-7-13-25;1-19(2)17-18(13-14-20-17,15-9-5-3-6-10-15)16-11-7-4-8-12-16;13-10-12(6-8-14-9-7-12)11-4-2-1-3-5-11;2-1-4-3;;;;;;;/h3-17H,18-23H2,1-2H3;3-12H,13-14H2,1-2H3;1-5,14H,6-9H2;1,3H;;2*1H;;;1H;/q;+1;;;;;;2*+1;;-1/p-2. The van der Waals surface area contributed by atoms with Gasteiger partial charge in [-0.3, -0.25) is 9.59 Å². The van der Waals surface area contributed by atoms with Gasteiger partial charge in [0.15, 0.2) is 0 Å². The van der Waals surface area contributed by atoms with Gasteiger partial charge in [0.2, 0.25) is 5.91 Å². The molecule has 3 aliphatic heterocycles. The molecule has 0 saturated carbocycles. The van der Waals surface area contributed by atoms with Crippen LogP contribution in [0.25, 0.3) is 0 Å². The Kier molecular flexibility index (Phi) is 32.7. The number of likely N-dealkylation sites (N-methyl/N-ethyl adjacent to an activating group) is 1. The number of piperidine rings is 2. The van der Waals surface area contributed by atoms with Crippen LogP contribution in [0.1, 0.15) is 74.8 Å². The Hall–Kier alpha value is -4.14. The molecule has 6 aromatic rings. The Labute approximate surface area is 534 Å². The Morgan fingerprint density at radius 3 is 1.39 bits per heavy atom. The number of carbonyl (C=O) groups is 2. The van der Waals surface area contributed by atoms with Gasteiger partial charge in [0.05, 0.1) is 29.6 Å². The molecule has 3 heterocycles. The molecule has 6 aromatic carbocycles. The fraction of sp³-hybridized carbons (Fsp3) is 0.328. The largest absolute Gasteiger partial charge is 1.00 e. The third-order valence-corrected chi connectivity index (χ3v) is 14.4. The number of halogens is 2. The summed E-state index contributed by atoms with van der Waals surface area (Å²) in [6.45, 7) is 4.96. The number of hydrogen-bond acceptors (Lipinski definition) is 9. The molecule has 1 N–H and O–H groups in total. The molecule has 395 valence electrons. The molecule has 11 nitrogen and oxygen atoms in total. The van der Waals surface area contributed by atoms with Gasteiger partial charge in [0.1, 0.15) is 24.9 Å². The van der Waals surface area contributed by atoms with E-state index >= 15 is 0 Å². The second-order valence-electron chi connectivity index (χ2n) is 18.9. The van der Waals surface area contributed by atoms with E-state index in [0.29, 0.717) is 6.42 Å². The van der Waals surface area contributed by atoms with Crippen molar-refractivity contribution in [3.63, 3.8) is 0 Å². The molecule has 16 heteroatoms. The van der Waals surface area contributed by atoms with E-state index in [-0.39, 0.29) is 135 Å². The molecule has 3 saturated heterocycles. The van der Waals surface area contributed by atoms with Crippen LogP contribution in [0.3, 0.4) is 0 Å². The van der Waals surface area contributed by atoms with Gasteiger partial charge in [-0.05, 0) is 98.2 Å². The molecule has 0 aromatic heterocycles. The van der Waals surface area contributed by atoms with E-state index in [1.807, 2.05) is 86.9 Å². The minimum absolute atomic E-state index is 0. The number of carbonyl (C=O) groups excluding carboxylic acids is 2. The maximum Gasteiger partial charge on any atom is 1.00 e. The van der Waals surface area contributed by atoms with Crippen molar-refractivity contribution < 1.29 is 108 Å². The summed E-state index contributed by atoms with van der Waals surface area (Å²) >= 11 is 0. The first-order valence-corrected chi connectivity index (χ1v) is 24.8. The van der Waals surface area contributed by atoms with Crippen molar-refractivity contribution in [1.82, 2.24) is 15.1 Å². The normalized spacial score (nSPS) is 15.3. The topological polar surface area (TPSA) is 145 Å². The van der Waals surface area contributed by atoms with E-state index in [9.17, 15) is 15.3 Å². The number of rotatable bonds is 11. The molecular weight excluding hydrogens is 1160 g/mol. The molecule has 3 aliphatic rings. The molecule has 9 rings (SSSR count). The Balaban J connectivity index is 0. The van der Waals surface area contributed by atoms with Gasteiger partial charge >= 0.3 is 65.0 Å². The molecule has 0 atom stereocenters. The van der Waals surface area contributed by atoms with E-state index in [0.717, 1.165) is 94.0 Å². The predicted molar refractivity (Wildman–Crippen MR) is 305 cm³/mol. The number of likely N-dealkylation sites (tertiary alicyclic amines) is 1. The van der Waals surface area contributed by atoms with Gasteiger partial charge in [-0.2, -0.15) is 10.5 Å². The summed E-state index contributed by atoms with van der Waals surface area (Å²) < 4.78 is 8.09. The second-order valence-corrected chi connectivity index (χ2v) is 18.9. The van der Waals surface area contributed by atoms with Crippen LogP contribution >= 0.6 is 24.0 Å². The van der Waals surface area contributed by atoms with Crippen molar-refractivity contribution in [2.24, 2.45) is 0 Å². The fourth-order valence-electron chi connectivity index (χ4n) is 10.6. The van der Waals surface area contributed by atoms with Gasteiger partial charge in [-0.1, -0.05) is 182 Å².